The fourth-order valence-electron chi connectivity index (χ4n) is 3.37. The van der Waals surface area contributed by atoms with Crippen molar-refractivity contribution in [3.05, 3.63) is 0 Å². The van der Waals surface area contributed by atoms with Crippen LogP contribution in [0.1, 0.15) is 39.0 Å². The average Bonchev–Trinajstić information content (AvgIpc) is 2.78. The summed E-state index contributed by atoms with van der Waals surface area (Å²) in [6.07, 6.45) is 4.18. The molecule has 2 fully saturated rings. The Bertz CT molecular complexity index is 372. The molecule has 1 amide bonds. The summed E-state index contributed by atoms with van der Waals surface area (Å²) in [5.41, 5.74) is -1.05. The maximum Gasteiger partial charge on any atom is 0.329 e. The topological polar surface area (TPSA) is 69.6 Å². The van der Waals surface area contributed by atoms with Crippen LogP contribution >= 0.6 is 0 Å². The van der Waals surface area contributed by atoms with Gasteiger partial charge in [0.25, 0.3) is 0 Å². The Hall–Kier alpha value is -1.10. The number of carboxylic acid groups (broad SMARTS) is 1. The Morgan fingerprint density at radius 1 is 1.32 bits per heavy atom. The Morgan fingerprint density at radius 2 is 2.05 bits per heavy atom. The first kappa shape index (κ1) is 14.3. The number of nitrogens with zero attached hydrogens (tertiary/aromatic N) is 1. The molecule has 5 heteroatoms. The molecule has 0 aromatic heterocycles. The molecule has 3 atom stereocenters. The van der Waals surface area contributed by atoms with E-state index in [1.807, 2.05) is 14.0 Å². The normalized spacial score (nSPS) is 36.1. The highest BCUT2D eigenvalue weighted by Gasteiger charge is 2.47. The number of carbonyl (C=O) groups is 2. The van der Waals surface area contributed by atoms with Crippen LogP contribution in [-0.4, -0.2) is 47.6 Å². The van der Waals surface area contributed by atoms with Gasteiger partial charge >= 0.3 is 5.97 Å². The van der Waals surface area contributed by atoms with Gasteiger partial charge in [0.2, 0.25) is 5.91 Å². The highest BCUT2D eigenvalue weighted by atomic mass is 16.4. The van der Waals surface area contributed by atoms with Gasteiger partial charge in [0.15, 0.2) is 0 Å². The molecule has 108 valence electrons. The monoisotopic (exact) mass is 268 g/mol. The number of aliphatic carboxylic acids is 1. The minimum absolute atomic E-state index is 0.00170. The van der Waals surface area contributed by atoms with Crippen molar-refractivity contribution in [3.63, 3.8) is 0 Å². The van der Waals surface area contributed by atoms with Crippen LogP contribution < -0.4 is 5.32 Å². The number of carbonyl (C=O) groups excluding carboxylic acids is 1. The Labute approximate surface area is 114 Å². The Balaban J connectivity index is 2.08. The number of nitrogens with one attached hydrogen (secondary N) is 1. The van der Waals surface area contributed by atoms with Gasteiger partial charge in [0, 0.05) is 6.54 Å². The van der Waals surface area contributed by atoms with Crippen molar-refractivity contribution in [3.8, 4) is 0 Å². The maximum absolute atomic E-state index is 12.3. The fraction of sp³-hybridized carbons (Fsp3) is 0.857. The molecule has 1 aliphatic heterocycles. The standard InChI is InChI=1S/C14H24N2O3/c1-10-5-3-4-7-14(10,13(18)19)15-12(17)11-6-8-16(2)9-11/h10-11H,3-9H2,1-2H3,(H,15,17)(H,18,19). The third kappa shape index (κ3) is 2.76. The third-order valence-electron chi connectivity index (χ3n) is 4.79. The van der Waals surface area contributed by atoms with Gasteiger partial charge in [-0.2, -0.15) is 0 Å². The molecule has 19 heavy (non-hydrogen) atoms. The van der Waals surface area contributed by atoms with Gasteiger partial charge < -0.3 is 15.3 Å². The van der Waals surface area contributed by atoms with Crippen molar-refractivity contribution >= 4 is 11.9 Å². The van der Waals surface area contributed by atoms with Crippen LogP contribution in [0.4, 0.5) is 0 Å². The average molecular weight is 268 g/mol. The molecular formula is C14H24N2O3. The molecule has 1 aliphatic carbocycles. The van der Waals surface area contributed by atoms with Crippen molar-refractivity contribution < 1.29 is 14.7 Å². The largest absolute Gasteiger partial charge is 0.479 e. The lowest BCUT2D eigenvalue weighted by Crippen LogP contribution is -2.61. The second-order valence-electron chi connectivity index (χ2n) is 6.16. The van der Waals surface area contributed by atoms with Crippen LogP contribution in [0.15, 0.2) is 0 Å². The lowest BCUT2D eigenvalue weighted by Gasteiger charge is -2.40. The second-order valence-corrected chi connectivity index (χ2v) is 6.16. The number of hydrogen-bond acceptors (Lipinski definition) is 3. The summed E-state index contributed by atoms with van der Waals surface area (Å²) in [7, 11) is 1.99. The summed E-state index contributed by atoms with van der Waals surface area (Å²) in [5, 5.41) is 12.5. The zero-order valence-electron chi connectivity index (χ0n) is 11.8. The molecule has 0 bridgehead atoms. The second kappa shape index (κ2) is 5.49. The van der Waals surface area contributed by atoms with E-state index in [0.29, 0.717) is 6.42 Å². The van der Waals surface area contributed by atoms with E-state index in [9.17, 15) is 14.7 Å². The van der Waals surface area contributed by atoms with Gasteiger partial charge in [-0.05, 0) is 38.8 Å². The van der Waals surface area contributed by atoms with E-state index in [-0.39, 0.29) is 17.7 Å². The predicted molar refractivity (Wildman–Crippen MR) is 71.7 cm³/mol. The smallest absolute Gasteiger partial charge is 0.329 e. The summed E-state index contributed by atoms with van der Waals surface area (Å²) < 4.78 is 0. The molecule has 1 saturated carbocycles. The molecular weight excluding hydrogens is 244 g/mol. The van der Waals surface area contributed by atoms with E-state index in [4.69, 9.17) is 0 Å². The summed E-state index contributed by atoms with van der Waals surface area (Å²) in [4.78, 5) is 26.1. The molecule has 1 heterocycles. The highest BCUT2D eigenvalue weighted by Crippen LogP contribution is 2.34. The van der Waals surface area contributed by atoms with Crippen LogP contribution in [-0.2, 0) is 9.59 Å². The minimum atomic E-state index is -1.05. The zero-order chi connectivity index (χ0) is 14.0. The van der Waals surface area contributed by atoms with Crippen LogP contribution in [0, 0.1) is 11.8 Å². The number of carboxylic acids is 1. The van der Waals surface area contributed by atoms with E-state index in [1.165, 1.54) is 0 Å². The predicted octanol–water partition coefficient (Wildman–Crippen LogP) is 1.09. The highest BCUT2D eigenvalue weighted by molar-refractivity contribution is 5.88. The number of amides is 1. The van der Waals surface area contributed by atoms with E-state index in [2.05, 4.69) is 10.2 Å². The molecule has 0 spiro atoms. The summed E-state index contributed by atoms with van der Waals surface area (Å²) in [6.45, 7) is 3.58. The van der Waals surface area contributed by atoms with E-state index in [0.717, 1.165) is 38.8 Å². The van der Waals surface area contributed by atoms with Gasteiger partial charge in [-0.3, -0.25) is 4.79 Å². The first-order valence-electron chi connectivity index (χ1n) is 7.19. The number of rotatable bonds is 3. The summed E-state index contributed by atoms with van der Waals surface area (Å²) >= 11 is 0. The molecule has 5 nitrogen and oxygen atoms in total. The molecule has 2 aliphatic rings. The Kier molecular flexibility index (Phi) is 4.13. The van der Waals surface area contributed by atoms with Gasteiger partial charge in [0.1, 0.15) is 5.54 Å². The SMILES string of the molecule is CC1CCCCC1(NC(=O)C1CCN(C)C1)C(=O)O. The first-order chi connectivity index (χ1) is 8.95. The van der Waals surface area contributed by atoms with Crippen molar-refractivity contribution in [1.82, 2.24) is 10.2 Å². The van der Waals surface area contributed by atoms with E-state index in [1.54, 1.807) is 0 Å². The number of likely N-dealkylation sites (tertiary alicyclic amines) is 1. The van der Waals surface area contributed by atoms with E-state index >= 15 is 0 Å². The van der Waals surface area contributed by atoms with Gasteiger partial charge in [0.05, 0.1) is 5.92 Å². The molecule has 1 saturated heterocycles. The molecule has 0 radical (unpaired) electrons. The molecule has 3 unspecified atom stereocenters. The van der Waals surface area contributed by atoms with Crippen molar-refractivity contribution in [2.75, 3.05) is 20.1 Å². The molecule has 2 rings (SSSR count). The maximum atomic E-state index is 12.3. The first-order valence-corrected chi connectivity index (χ1v) is 7.19. The van der Waals surface area contributed by atoms with Crippen LogP contribution in [0.3, 0.4) is 0 Å². The summed E-state index contributed by atoms with van der Waals surface area (Å²) in [6, 6.07) is 0. The fourth-order valence-corrected chi connectivity index (χ4v) is 3.37. The van der Waals surface area contributed by atoms with Gasteiger partial charge in [-0.1, -0.05) is 19.8 Å². The quantitative estimate of drug-likeness (QED) is 0.804. The molecule has 0 aromatic carbocycles. The van der Waals surface area contributed by atoms with Gasteiger partial charge in [-0.25, -0.2) is 4.79 Å². The lowest BCUT2D eigenvalue weighted by atomic mass is 9.73. The van der Waals surface area contributed by atoms with Crippen LogP contribution in [0.2, 0.25) is 0 Å². The molecule has 2 N–H and O–H groups in total. The lowest BCUT2D eigenvalue weighted by molar-refractivity contribution is -0.152. The van der Waals surface area contributed by atoms with E-state index < -0.39 is 11.5 Å². The van der Waals surface area contributed by atoms with Crippen molar-refractivity contribution in [2.24, 2.45) is 11.8 Å². The van der Waals surface area contributed by atoms with Crippen molar-refractivity contribution in [1.29, 1.82) is 0 Å². The zero-order valence-corrected chi connectivity index (χ0v) is 11.8. The van der Waals surface area contributed by atoms with Gasteiger partial charge in [-0.15, -0.1) is 0 Å². The van der Waals surface area contributed by atoms with Crippen molar-refractivity contribution in [2.45, 2.75) is 44.6 Å². The van der Waals surface area contributed by atoms with Crippen LogP contribution in [0.25, 0.3) is 0 Å². The third-order valence-corrected chi connectivity index (χ3v) is 4.79. The Morgan fingerprint density at radius 3 is 2.58 bits per heavy atom. The summed E-state index contributed by atoms with van der Waals surface area (Å²) in [5.74, 6) is -1.02. The molecule has 0 aromatic rings. The van der Waals surface area contributed by atoms with Crippen LogP contribution in [0.5, 0.6) is 0 Å². The minimum Gasteiger partial charge on any atom is -0.479 e. The number of hydrogen-bond donors (Lipinski definition) is 2.